The van der Waals surface area contributed by atoms with Gasteiger partial charge in [0.25, 0.3) is 5.91 Å². The van der Waals surface area contributed by atoms with Gasteiger partial charge in [0.2, 0.25) is 5.91 Å². The minimum atomic E-state index is -0.924. The molecule has 4 amide bonds. The molecule has 8 nitrogen and oxygen atoms in total. The van der Waals surface area contributed by atoms with Gasteiger partial charge in [0, 0.05) is 55.2 Å². The van der Waals surface area contributed by atoms with Crippen molar-refractivity contribution in [1.29, 1.82) is 0 Å². The highest BCUT2D eigenvalue weighted by Crippen LogP contribution is 2.49. The fourth-order valence-electron chi connectivity index (χ4n) is 6.76. The highest BCUT2D eigenvalue weighted by molar-refractivity contribution is 6.39. The molecule has 2 aromatic carbocycles. The van der Waals surface area contributed by atoms with E-state index in [1.807, 2.05) is 30.3 Å². The molecule has 0 bridgehead atoms. The monoisotopic (exact) mass is 477 g/mol. The molecule has 1 saturated heterocycles. The molecule has 4 aliphatic rings. The molecule has 1 aliphatic carbocycles. The van der Waals surface area contributed by atoms with Gasteiger partial charge >= 0.3 is 6.03 Å². The number of anilines is 2. The summed E-state index contributed by atoms with van der Waals surface area (Å²) in [6.07, 6.45) is 1.28. The molecule has 2 N–H and O–H groups in total. The highest BCUT2D eigenvalue weighted by Gasteiger charge is 2.54. The summed E-state index contributed by atoms with van der Waals surface area (Å²) in [4.78, 5) is 45.9. The summed E-state index contributed by atoms with van der Waals surface area (Å²) in [6, 6.07) is 11.8. The van der Waals surface area contributed by atoms with E-state index in [-0.39, 0.29) is 23.3 Å². The molecule has 178 valence electrons. The lowest BCUT2D eigenvalue weighted by atomic mass is 9.78. The molecular formula is C27H24BN5O3. The number of amides is 4. The molecular weight excluding hydrogens is 453 g/mol. The van der Waals surface area contributed by atoms with E-state index in [1.54, 1.807) is 7.05 Å². The predicted molar refractivity (Wildman–Crippen MR) is 137 cm³/mol. The van der Waals surface area contributed by atoms with Crippen LogP contribution in [0.3, 0.4) is 0 Å². The number of rotatable bonds is 2. The van der Waals surface area contributed by atoms with Crippen molar-refractivity contribution in [2.24, 2.45) is 0 Å². The molecule has 1 aromatic heterocycles. The van der Waals surface area contributed by atoms with Crippen LogP contribution in [-0.4, -0.2) is 54.7 Å². The molecule has 3 aromatic rings. The molecule has 2 atom stereocenters. The lowest BCUT2D eigenvalue weighted by Gasteiger charge is -2.30. The number of imide groups is 1. The third-order valence-electron chi connectivity index (χ3n) is 8.53. The summed E-state index contributed by atoms with van der Waals surface area (Å²) in [5.41, 5.74) is 6.11. The molecule has 4 heterocycles. The summed E-state index contributed by atoms with van der Waals surface area (Å²) in [5.74, 6) is -0.223. The van der Waals surface area contributed by atoms with Gasteiger partial charge in [0.05, 0.1) is 17.8 Å². The first kappa shape index (κ1) is 21.4. The van der Waals surface area contributed by atoms with E-state index in [0.717, 1.165) is 40.1 Å². The van der Waals surface area contributed by atoms with Crippen molar-refractivity contribution in [2.45, 2.75) is 43.7 Å². The van der Waals surface area contributed by atoms with Crippen LogP contribution in [0.4, 0.5) is 16.2 Å². The second-order valence-electron chi connectivity index (χ2n) is 10.8. The summed E-state index contributed by atoms with van der Waals surface area (Å²) in [6.45, 7) is 3.49. The number of fused-ring (bicyclic) bond motifs is 2. The molecule has 36 heavy (non-hydrogen) atoms. The standard InChI is InChI=1S/C27H24BN5O3/c1-26-11-20(34)30-18-4-3-5-19(21(18)26)33(13-26)12-16-7-6-14-8-15-9-27(24(35)31-25(36)32(27)2)10-17(15)22(28)23(14)29-16/h3-8H,9-13H2,1-2H3,(H,30,34)(H,31,35,36)/t26?,27-/m1/s1. The molecule has 7 rings (SSSR count). The van der Waals surface area contributed by atoms with E-state index in [2.05, 4.69) is 28.5 Å². The fourth-order valence-corrected chi connectivity index (χ4v) is 6.76. The number of carbonyl (C=O) groups is 3. The molecule has 3 aliphatic heterocycles. The number of urea groups is 1. The predicted octanol–water partition coefficient (Wildman–Crippen LogP) is 1.67. The number of hydrogen-bond donors (Lipinski definition) is 2. The lowest BCUT2D eigenvalue weighted by molar-refractivity contribution is -0.125. The Labute approximate surface area is 209 Å². The van der Waals surface area contributed by atoms with Crippen LogP contribution in [0.2, 0.25) is 0 Å². The molecule has 9 heteroatoms. The Kier molecular flexibility index (Phi) is 4.09. The van der Waals surface area contributed by atoms with E-state index < -0.39 is 5.54 Å². The minimum Gasteiger partial charge on any atom is -0.364 e. The fraction of sp³-hybridized carbons (Fsp3) is 0.333. The number of pyridine rings is 1. The highest BCUT2D eigenvalue weighted by atomic mass is 16.2. The second kappa shape index (κ2) is 6.87. The van der Waals surface area contributed by atoms with Crippen molar-refractivity contribution < 1.29 is 14.4 Å². The van der Waals surface area contributed by atoms with Crippen molar-refractivity contribution in [3.8, 4) is 0 Å². The molecule has 1 unspecified atom stereocenters. The van der Waals surface area contributed by atoms with Crippen molar-refractivity contribution in [2.75, 3.05) is 23.8 Å². The number of benzene rings is 2. The van der Waals surface area contributed by atoms with Crippen LogP contribution < -0.4 is 21.0 Å². The average Bonchev–Trinajstić information content (AvgIpc) is 3.42. The zero-order valence-corrected chi connectivity index (χ0v) is 20.1. The van der Waals surface area contributed by atoms with Gasteiger partial charge < -0.3 is 15.1 Å². The maximum atomic E-state index is 12.7. The van der Waals surface area contributed by atoms with Crippen molar-refractivity contribution >= 4 is 53.4 Å². The largest absolute Gasteiger partial charge is 0.364 e. The summed E-state index contributed by atoms with van der Waals surface area (Å²) < 4.78 is 0. The zero-order valence-electron chi connectivity index (χ0n) is 20.1. The molecule has 0 saturated carbocycles. The molecule has 1 spiro atoms. The Hall–Kier alpha value is -3.88. The topological polar surface area (TPSA) is 94.6 Å². The number of hydrogen-bond acceptors (Lipinski definition) is 5. The van der Waals surface area contributed by atoms with Crippen LogP contribution in [0, 0.1) is 0 Å². The van der Waals surface area contributed by atoms with Gasteiger partial charge in [-0.25, -0.2) is 4.79 Å². The van der Waals surface area contributed by atoms with Gasteiger partial charge in [-0.3, -0.25) is 19.9 Å². The van der Waals surface area contributed by atoms with E-state index in [0.29, 0.717) is 36.8 Å². The van der Waals surface area contributed by atoms with E-state index in [9.17, 15) is 14.4 Å². The Morgan fingerprint density at radius 2 is 1.92 bits per heavy atom. The van der Waals surface area contributed by atoms with Crippen LogP contribution in [0.5, 0.6) is 0 Å². The number of likely N-dealkylation sites (N-methyl/N-ethyl adjacent to an activating group) is 1. The first-order chi connectivity index (χ1) is 17.2. The van der Waals surface area contributed by atoms with Crippen LogP contribution in [0.15, 0.2) is 36.4 Å². The SMILES string of the molecule is [B]c1c2c(cc3ccc(CN4CC5(C)CC(=O)Nc6cccc4c65)nc13)C[C@@]1(C2)C(=O)NC(=O)N1C. The molecule has 2 radical (unpaired) electrons. The van der Waals surface area contributed by atoms with Crippen LogP contribution in [-0.2, 0) is 34.4 Å². The van der Waals surface area contributed by atoms with Gasteiger partial charge in [0.15, 0.2) is 0 Å². The van der Waals surface area contributed by atoms with Crippen molar-refractivity contribution in [3.63, 3.8) is 0 Å². The van der Waals surface area contributed by atoms with Gasteiger partial charge in [-0.1, -0.05) is 24.5 Å². The quantitative estimate of drug-likeness (QED) is 0.433. The maximum Gasteiger partial charge on any atom is 0.324 e. The number of aromatic nitrogens is 1. The molecule has 1 fully saturated rings. The van der Waals surface area contributed by atoms with E-state index in [1.165, 1.54) is 10.5 Å². The zero-order chi connectivity index (χ0) is 25.0. The van der Waals surface area contributed by atoms with Crippen molar-refractivity contribution in [1.82, 2.24) is 15.2 Å². The number of nitrogens with zero attached hydrogens (tertiary/aromatic N) is 3. The minimum absolute atomic E-state index is 0.0514. The third kappa shape index (κ3) is 2.71. The average molecular weight is 477 g/mol. The Morgan fingerprint density at radius 1 is 1.08 bits per heavy atom. The van der Waals surface area contributed by atoms with Gasteiger partial charge in [-0.15, -0.1) is 0 Å². The number of carbonyl (C=O) groups excluding carboxylic acids is 3. The normalized spacial score (nSPS) is 26.0. The van der Waals surface area contributed by atoms with Crippen LogP contribution in [0.25, 0.3) is 10.9 Å². The summed E-state index contributed by atoms with van der Waals surface area (Å²) in [7, 11) is 8.31. The number of nitrogens with one attached hydrogen (secondary N) is 2. The van der Waals surface area contributed by atoms with E-state index >= 15 is 0 Å². The first-order valence-corrected chi connectivity index (χ1v) is 12.2. The first-order valence-electron chi connectivity index (χ1n) is 12.2. The van der Waals surface area contributed by atoms with Crippen molar-refractivity contribution in [3.05, 3.63) is 58.8 Å². The smallest absolute Gasteiger partial charge is 0.324 e. The second-order valence-corrected chi connectivity index (χ2v) is 10.8. The maximum absolute atomic E-state index is 12.7. The lowest BCUT2D eigenvalue weighted by Crippen LogP contribution is -2.48. The van der Waals surface area contributed by atoms with Gasteiger partial charge in [-0.2, -0.15) is 0 Å². The van der Waals surface area contributed by atoms with Crippen LogP contribution >= 0.6 is 0 Å². The van der Waals surface area contributed by atoms with E-state index in [4.69, 9.17) is 12.8 Å². The van der Waals surface area contributed by atoms with Crippen LogP contribution in [0.1, 0.15) is 35.7 Å². The Bertz CT molecular complexity index is 1550. The third-order valence-corrected chi connectivity index (χ3v) is 8.53. The Morgan fingerprint density at radius 3 is 2.69 bits per heavy atom. The van der Waals surface area contributed by atoms with Gasteiger partial charge in [-0.05, 0) is 40.8 Å². The summed E-state index contributed by atoms with van der Waals surface area (Å²) in [5, 5.41) is 6.37. The summed E-state index contributed by atoms with van der Waals surface area (Å²) >= 11 is 0. The van der Waals surface area contributed by atoms with Gasteiger partial charge in [0.1, 0.15) is 13.4 Å². The Balaban J connectivity index is 1.24.